The van der Waals surface area contributed by atoms with Crippen molar-refractivity contribution >= 4 is 34.9 Å². The Morgan fingerprint density at radius 2 is 1.68 bits per heavy atom. The Bertz CT molecular complexity index is 953. The molecule has 0 unspecified atom stereocenters. The molecule has 1 heterocycles. The van der Waals surface area contributed by atoms with Crippen molar-refractivity contribution in [1.82, 2.24) is 20.2 Å². The minimum absolute atomic E-state index is 0.0929. The zero-order valence-electron chi connectivity index (χ0n) is 12.7. The highest BCUT2D eigenvalue weighted by atomic mass is 35.5. The predicted molar refractivity (Wildman–Crippen MR) is 92.6 cm³/mol. The summed E-state index contributed by atoms with van der Waals surface area (Å²) in [7, 11) is 0. The molecule has 0 aliphatic carbocycles. The van der Waals surface area contributed by atoms with Crippen molar-refractivity contribution in [2.45, 2.75) is 6.54 Å². The fourth-order valence-electron chi connectivity index (χ4n) is 2.10. The lowest BCUT2D eigenvalue weighted by Crippen LogP contribution is -2.13. The van der Waals surface area contributed by atoms with Gasteiger partial charge in [-0.05, 0) is 35.5 Å². The summed E-state index contributed by atoms with van der Waals surface area (Å²) in [4.78, 5) is 24.5. The lowest BCUT2D eigenvalue weighted by atomic mass is 10.1. The Hall–Kier alpha value is -2.77. The third kappa shape index (κ3) is 3.84. The fraction of sp³-hybridized carbons (Fsp3) is 0.0625. The van der Waals surface area contributed by atoms with E-state index >= 15 is 0 Å². The molecule has 25 heavy (non-hydrogen) atoms. The molecular formula is C16H11Cl2N5O2. The van der Waals surface area contributed by atoms with Crippen LogP contribution in [0.25, 0.3) is 11.4 Å². The summed E-state index contributed by atoms with van der Waals surface area (Å²) in [6.45, 7) is -0.0929. The highest BCUT2D eigenvalue weighted by molar-refractivity contribution is 6.42. The first-order valence-corrected chi connectivity index (χ1v) is 7.86. The van der Waals surface area contributed by atoms with Gasteiger partial charge in [0.15, 0.2) is 5.78 Å². The predicted octanol–water partition coefficient (Wildman–Crippen LogP) is 2.63. The van der Waals surface area contributed by atoms with Crippen LogP contribution in [0.3, 0.4) is 0 Å². The van der Waals surface area contributed by atoms with Crippen molar-refractivity contribution in [3.8, 4) is 11.4 Å². The topological polar surface area (TPSA) is 104 Å². The zero-order chi connectivity index (χ0) is 18.0. The molecule has 0 saturated heterocycles. The molecule has 2 N–H and O–H groups in total. The van der Waals surface area contributed by atoms with E-state index in [4.69, 9.17) is 28.9 Å². The first-order chi connectivity index (χ1) is 11.9. The number of aromatic nitrogens is 4. The van der Waals surface area contributed by atoms with E-state index in [-0.39, 0.29) is 12.3 Å². The number of primary amides is 1. The zero-order valence-corrected chi connectivity index (χ0v) is 14.2. The van der Waals surface area contributed by atoms with Crippen LogP contribution in [0, 0.1) is 0 Å². The maximum absolute atomic E-state index is 12.3. The largest absolute Gasteiger partial charge is 0.366 e. The molecule has 0 atom stereocenters. The highest BCUT2D eigenvalue weighted by Crippen LogP contribution is 2.23. The van der Waals surface area contributed by atoms with Crippen LogP contribution in [0.5, 0.6) is 0 Å². The summed E-state index contributed by atoms with van der Waals surface area (Å²) >= 11 is 11.7. The number of tetrazole rings is 1. The van der Waals surface area contributed by atoms with Gasteiger partial charge in [0.1, 0.15) is 6.54 Å². The van der Waals surface area contributed by atoms with E-state index in [1.54, 1.807) is 36.4 Å². The molecule has 9 heteroatoms. The lowest BCUT2D eigenvalue weighted by Gasteiger charge is -2.02. The molecule has 3 rings (SSSR count). The van der Waals surface area contributed by atoms with Crippen molar-refractivity contribution in [2.24, 2.45) is 5.73 Å². The number of nitrogens with two attached hydrogens (primary N) is 1. The van der Waals surface area contributed by atoms with E-state index in [1.165, 1.54) is 10.9 Å². The number of ketones is 1. The normalized spacial score (nSPS) is 10.6. The number of Topliss-reactive ketones (excluding diaryl/α,β-unsaturated/α-hetero) is 1. The molecule has 3 aromatic rings. The quantitative estimate of drug-likeness (QED) is 0.690. The van der Waals surface area contributed by atoms with Crippen LogP contribution >= 0.6 is 23.2 Å². The summed E-state index contributed by atoms with van der Waals surface area (Å²) in [6, 6.07) is 11.1. The summed E-state index contributed by atoms with van der Waals surface area (Å²) in [5, 5.41) is 12.6. The second-order valence-corrected chi connectivity index (χ2v) is 5.95. The molecular weight excluding hydrogens is 365 g/mol. The highest BCUT2D eigenvalue weighted by Gasteiger charge is 2.13. The number of benzene rings is 2. The molecule has 1 aromatic heterocycles. The number of halogens is 2. The van der Waals surface area contributed by atoms with Crippen molar-refractivity contribution in [1.29, 1.82) is 0 Å². The monoisotopic (exact) mass is 375 g/mol. The van der Waals surface area contributed by atoms with Crippen LogP contribution in [0.15, 0.2) is 42.5 Å². The maximum Gasteiger partial charge on any atom is 0.248 e. The van der Waals surface area contributed by atoms with Crippen molar-refractivity contribution < 1.29 is 9.59 Å². The van der Waals surface area contributed by atoms with Crippen LogP contribution in [-0.4, -0.2) is 31.9 Å². The number of hydrogen-bond donors (Lipinski definition) is 1. The van der Waals surface area contributed by atoms with Crippen molar-refractivity contribution in [3.05, 3.63) is 63.6 Å². The summed E-state index contributed by atoms with van der Waals surface area (Å²) in [5.41, 5.74) is 6.63. The van der Waals surface area contributed by atoms with Gasteiger partial charge < -0.3 is 5.73 Å². The number of nitrogens with zero attached hydrogens (tertiary/aromatic N) is 4. The second-order valence-electron chi connectivity index (χ2n) is 5.14. The number of hydrogen-bond acceptors (Lipinski definition) is 5. The van der Waals surface area contributed by atoms with Crippen molar-refractivity contribution in [3.63, 3.8) is 0 Å². The van der Waals surface area contributed by atoms with Crippen LogP contribution in [-0.2, 0) is 6.54 Å². The van der Waals surface area contributed by atoms with Crippen LogP contribution < -0.4 is 5.73 Å². The number of carbonyl (C=O) groups excluding carboxylic acids is 2. The maximum atomic E-state index is 12.3. The average Bonchev–Trinajstić information content (AvgIpc) is 3.05. The van der Waals surface area contributed by atoms with Gasteiger partial charge in [-0.2, -0.15) is 4.80 Å². The Kier molecular flexibility index (Phi) is 4.78. The van der Waals surface area contributed by atoms with Gasteiger partial charge in [-0.25, -0.2) is 0 Å². The van der Waals surface area contributed by atoms with Gasteiger partial charge in [-0.1, -0.05) is 35.3 Å². The molecule has 0 saturated carbocycles. The van der Waals surface area contributed by atoms with E-state index in [0.717, 1.165) is 0 Å². The molecule has 0 aliphatic heterocycles. The van der Waals surface area contributed by atoms with E-state index in [2.05, 4.69) is 15.4 Å². The Morgan fingerprint density at radius 3 is 2.32 bits per heavy atom. The van der Waals surface area contributed by atoms with E-state index in [0.29, 0.717) is 32.6 Å². The van der Waals surface area contributed by atoms with Gasteiger partial charge in [0, 0.05) is 16.7 Å². The molecule has 126 valence electrons. The Morgan fingerprint density at radius 1 is 1.00 bits per heavy atom. The van der Waals surface area contributed by atoms with Crippen LogP contribution in [0.4, 0.5) is 0 Å². The van der Waals surface area contributed by atoms with Gasteiger partial charge in [0.25, 0.3) is 0 Å². The molecule has 0 aliphatic rings. The van der Waals surface area contributed by atoms with Gasteiger partial charge in [-0.15, -0.1) is 10.2 Å². The molecule has 1 amide bonds. The number of amides is 1. The third-order valence-corrected chi connectivity index (χ3v) is 4.15. The molecule has 0 radical (unpaired) electrons. The summed E-state index contributed by atoms with van der Waals surface area (Å²) in [5.74, 6) is -0.417. The second kappa shape index (κ2) is 7.00. The molecule has 0 bridgehead atoms. The van der Waals surface area contributed by atoms with E-state index < -0.39 is 5.91 Å². The SMILES string of the molecule is NC(=O)c1ccc(-c2nnn(CC(=O)c3ccc(Cl)c(Cl)c3)n2)cc1. The fourth-order valence-corrected chi connectivity index (χ4v) is 2.40. The van der Waals surface area contributed by atoms with Gasteiger partial charge >= 0.3 is 0 Å². The third-order valence-electron chi connectivity index (χ3n) is 3.41. The summed E-state index contributed by atoms with van der Waals surface area (Å²) in [6.07, 6.45) is 0. The Labute approximate surface area is 152 Å². The molecule has 0 fully saturated rings. The Balaban J connectivity index is 1.75. The first-order valence-electron chi connectivity index (χ1n) is 7.10. The van der Waals surface area contributed by atoms with Gasteiger partial charge in [0.2, 0.25) is 11.7 Å². The molecule has 7 nitrogen and oxygen atoms in total. The molecule has 2 aromatic carbocycles. The van der Waals surface area contributed by atoms with Gasteiger partial charge in [0.05, 0.1) is 10.0 Å². The van der Waals surface area contributed by atoms with E-state index in [9.17, 15) is 9.59 Å². The number of rotatable bonds is 5. The average molecular weight is 376 g/mol. The van der Waals surface area contributed by atoms with Gasteiger partial charge in [-0.3, -0.25) is 9.59 Å². The number of carbonyl (C=O) groups is 2. The lowest BCUT2D eigenvalue weighted by molar-refractivity contribution is 0.0959. The van der Waals surface area contributed by atoms with Crippen molar-refractivity contribution in [2.75, 3.05) is 0 Å². The van der Waals surface area contributed by atoms with Crippen LogP contribution in [0.2, 0.25) is 10.0 Å². The minimum atomic E-state index is -0.518. The summed E-state index contributed by atoms with van der Waals surface area (Å²) < 4.78 is 0. The standard InChI is InChI=1S/C16H11Cl2N5O2/c17-12-6-5-11(7-13(12)18)14(24)8-23-21-16(20-22-23)10-3-1-9(2-4-10)15(19)25/h1-7H,8H2,(H2,19,25). The molecule has 0 spiro atoms. The van der Waals surface area contributed by atoms with E-state index in [1.807, 2.05) is 0 Å². The first kappa shape index (κ1) is 17.1. The smallest absolute Gasteiger partial charge is 0.248 e. The van der Waals surface area contributed by atoms with Crippen LogP contribution in [0.1, 0.15) is 20.7 Å². The minimum Gasteiger partial charge on any atom is -0.366 e.